The normalized spacial score (nSPS) is 14.1. The Morgan fingerprint density at radius 1 is 0.931 bits per heavy atom. The minimum Gasteiger partial charge on any atom is -0.373 e. The van der Waals surface area contributed by atoms with Crippen LogP contribution < -0.4 is 15.5 Å². The maximum absolute atomic E-state index is 12.5. The van der Waals surface area contributed by atoms with Crippen LogP contribution in [0.3, 0.4) is 0 Å². The SMILES string of the molecule is CC(=O)Nc1ccc(NC(=O)/C(C#N)=C\N2CCN(c3ccccc3)CC2)cc1. The topological polar surface area (TPSA) is 88.5 Å². The van der Waals surface area contributed by atoms with Gasteiger partial charge >= 0.3 is 0 Å². The van der Waals surface area contributed by atoms with Crippen molar-refractivity contribution in [2.24, 2.45) is 0 Å². The maximum atomic E-state index is 12.5. The molecular formula is C22H23N5O2. The minimum atomic E-state index is -0.453. The Labute approximate surface area is 170 Å². The monoisotopic (exact) mass is 389 g/mol. The average Bonchev–Trinajstić information content (AvgIpc) is 2.74. The molecule has 3 rings (SSSR count). The quantitative estimate of drug-likeness (QED) is 0.606. The molecule has 2 aromatic carbocycles. The van der Waals surface area contributed by atoms with Gasteiger partial charge in [-0.1, -0.05) is 18.2 Å². The standard InChI is InChI=1S/C22H23N5O2/c1-17(28)24-19-7-9-20(10-8-19)25-22(29)18(15-23)16-26-11-13-27(14-12-26)21-5-3-2-4-6-21/h2-10,16H,11-14H2,1H3,(H,24,28)(H,25,29)/b18-16-. The molecule has 1 aliphatic heterocycles. The number of hydrogen-bond donors (Lipinski definition) is 2. The number of nitriles is 1. The number of para-hydroxylation sites is 1. The number of nitrogens with one attached hydrogen (secondary N) is 2. The van der Waals surface area contributed by atoms with Crippen molar-refractivity contribution in [2.45, 2.75) is 6.92 Å². The van der Waals surface area contributed by atoms with Crippen LogP contribution in [0.4, 0.5) is 17.1 Å². The summed E-state index contributed by atoms with van der Waals surface area (Å²) < 4.78 is 0. The molecule has 1 aliphatic rings. The van der Waals surface area contributed by atoms with E-state index in [0.29, 0.717) is 11.4 Å². The van der Waals surface area contributed by atoms with Gasteiger partial charge in [0.2, 0.25) is 5.91 Å². The van der Waals surface area contributed by atoms with Gasteiger partial charge in [0.05, 0.1) is 0 Å². The van der Waals surface area contributed by atoms with Crippen LogP contribution in [0, 0.1) is 11.3 Å². The number of amides is 2. The lowest BCUT2D eigenvalue weighted by atomic mass is 10.2. The highest BCUT2D eigenvalue weighted by atomic mass is 16.2. The predicted octanol–water partition coefficient (Wildman–Crippen LogP) is 2.81. The molecule has 1 saturated heterocycles. The Bertz CT molecular complexity index is 924. The average molecular weight is 389 g/mol. The van der Waals surface area contributed by atoms with Crippen molar-refractivity contribution in [2.75, 3.05) is 41.7 Å². The Hall–Kier alpha value is -3.79. The molecule has 148 valence electrons. The summed E-state index contributed by atoms with van der Waals surface area (Å²) in [5.41, 5.74) is 2.43. The molecule has 0 spiro atoms. The van der Waals surface area contributed by atoms with Crippen LogP contribution in [0.15, 0.2) is 66.4 Å². The number of carbonyl (C=O) groups excluding carboxylic acids is 2. The number of rotatable bonds is 5. The molecule has 2 aromatic rings. The lowest BCUT2D eigenvalue weighted by Crippen LogP contribution is -2.44. The first-order valence-corrected chi connectivity index (χ1v) is 9.40. The molecule has 0 unspecified atom stereocenters. The molecule has 0 aliphatic carbocycles. The van der Waals surface area contributed by atoms with Gasteiger partial charge in [0.15, 0.2) is 0 Å². The number of nitrogens with zero attached hydrogens (tertiary/aromatic N) is 3. The summed E-state index contributed by atoms with van der Waals surface area (Å²) >= 11 is 0. The van der Waals surface area contributed by atoms with Crippen molar-refractivity contribution in [3.63, 3.8) is 0 Å². The summed E-state index contributed by atoms with van der Waals surface area (Å²) in [5.74, 6) is -0.617. The van der Waals surface area contributed by atoms with Gasteiger partial charge in [-0.15, -0.1) is 0 Å². The number of carbonyl (C=O) groups is 2. The van der Waals surface area contributed by atoms with E-state index in [2.05, 4.69) is 27.7 Å². The predicted molar refractivity (Wildman–Crippen MR) is 113 cm³/mol. The first-order chi connectivity index (χ1) is 14.0. The van der Waals surface area contributed by atoms with E-state index in [4.69, 9.17) is 0 Å². The summed E-state index contributed by atoms with van der Waals surface area (Å²) in [6.45, 7) is 4.55. The fraction of sp³-hybridized carbons (Fsp3) is 0.227. The number of benzene rings is 2. The van der Waals surface area contributed by atoms with E-state index in [1.165, 1.54) is 12.6 Å². The molecule has 0 aromatic heterocycles. The molecule has 7 nitrogen and oxygen atoms in total. The van der Waals surface area contributed by atoms with Gasteiger partial charge in [0.1, 0.15) is 11.6 Å². The van der Waals surface area contributed by atoms with Gasteiger partial charge in [-0.3, -0.25) is 9.59 Å². The third kappa shape index (κ3) is 5.59. The van der Waals surface area contributed by atoms with Crippen LogP contribution in [0.5, 0.6) is 0 Å². The van der Waals surface area contributed by atoms with Crippen LogP contribution >= 0.6 is 0 Å². The van der Waals surface area contributed by atoms with Crippen LogP contribution in [0.1, 0.15) is 6.92 Å². The highest BCUT2D eigenvalue weighted by molar-refractivity contribution is 6.06. The van der Waals surface area contributed by atoms with Gasteiger partial charge in [-0.05, 0) is 36.4 Å². The van der Waals surface area contributed by atoms with Gasteiger partial charge in [0, 0.05) is 56.4 Å². The number of hydrogen-bond acceptors (Lipinski definition) is 5. The van der Waals surface area contributed by atoms with E-state index in [1.807, 2.05) is 29.2 Å². The highest BCUT2D eigenvalue weighted by Crippen LogP contribution is 2.17. The Morgan fingerprint density at radius 2 is 1.52 bits per heavy atom. The zero-order chi connectivity index (χ0) is 20.6. The van der Waals surface area contributed by atoms with Gasteiger partial charge in [-0.2, -0.15) is 5.26 Å². The van der Waals surface area contributed by atoms with E-state index in [-0.39, 0.29) is 11.5 Å². The zero-order valence-corrected chi connectivity index (χ0v) is 16.3. The first kappa shape index (κ1) is 20.0. The first-order valence-electron chi connectivity index (χ1n) is 9.40. The van der Waals surface area contributed by atoms with E-state index in [0.717, 1.165) is 26.2 Å². The van der Waals surface area contributed by atoms with Crippen LogP contribution in [-0.4, -0.2) is 42.9 Å². The molecule has 7 heteroatoms. The van der Waals surface area contributed by atoms with Gasteiger partial charge in [0.25, 0.3) is 5.91 Å². The smallest absolute Gasteiger partial charge is 0.267 e. The van der Waals surface area contributed by atoms with E-state index in [9.17, 15) is 14.9 Å². The van der Waals surface area contributed by atoms with Crippen molar-refractivity contribution in [1.82, 2.24) is 4.90 Å². The summed E-state index contributed by atoms with van der Waals surface area (Å²) in [5, 5.41) is 14.8. The van der Waals surface area contributed by atoms with Crippen molar-refractivity contribution < 1.29 is 9.59 Å². The lowest BCUT2D eigenvalue weighted by Gasteiger charge is -2.35. The summed E-state index contributed by atoms with van der Waals surface area (Å²) in [4.78, 5) is 27.8. The molecule has 0 saturated carbocycles. The summed E-state index contributed by atoms with van der Waals surface area (Å²) in [6, 6.07) is 18.9. The highest BCUT2D eigenvalue weighted by Gasteiger charge is 2.17. The van der Waals surface area contributed by atoms with Crippen LogP contribution in [0.2, 0.25) is 0 Å². The molecule has 2 amide bonds. The van der Waals surface area contributed by atoms with E-state index >= 15 is 0 Å². The van der Waals surface area contributed by atoms with Gasteiger partial charge < -0.3 is 20.4 Å². The third-order valence-electron chi connectivity index (χ3n) is 4.58. The fourth-order valence-corrected chi connectivity index (χ4v) is 3.11. The Morgan fingerprint density at radius 3 is 2.07 bits per heavy atom. The number of anilines is 3. The molecule has 2 N–H and O–H groups in total. The molecule has 1 heterocycles. The fourth-order valence-electron chi connectivity index (χ4n) is 3.11. The zero-order valence-electron chi connectivity index (χ0n) is 16.3. The summed E-state index contributed by atoms with van der Waals surface area (Å²) in [6.07, 6.45) is 1.63. The van der Waals surface area contributed by atoms with Gasteiger partial charge in [-0.25, -0.2) is 0 Å². The molecular weight excluding hydrogens is 366 g/mol. The van der Waals surface area contributed by atoms with Crippen molar-refractivity contribution in [3.8, 4) is 6.07 Å². The third-order valence-corrected chi connectivity index (χ3v) is 4.58. The van der Waals surface area contributed by atoms with Crippen LogP contribution in [-0.2, 0) is 9.59 Å². The second kappa shape index (κ2) is 9.42. The van der Waals surface area contributed by atoms with E-state index in [1.54, 1.807) is 30.5 Å². The molecule has 0 atom stereocenters. The molecule has 29 heavy (non-hydrogen) atoms. The lowest BCUT2D eigenvalue weighted by molar-refractivity contribution is -0.114. The molecule has 1 fully saturated rings. The second-order valence-electron chi connectivity index (χ2n) is 6.73. The van der Waals surface area contributed by atoms with Crippen molar-refractivity contribution in [1.29, 1.82) is 5.26 Å². The number of piperazine rings is 1. The minimum absolute atomic E-state index is 0.0594. The molecule has 0 bridgehead atoms. The summed E-state index contributed by atoms with van der Waals surface area (Å²) in [7, 11) is 0. The Balaban J connectivity index is 1.57. The molecule has 0 radical (unpaired) electrons. The maximum Gasteiger partial charge on any atom is 0.267 e. The van der Waals surface area contributed by atoms with Crippen LogP contribution in [0.25, 0.3) is 0 Å². The Kier molecular flexibility index (Phi) is 6.48. The second-order valence-corrected chi connectivity index (χ2v) is 6.73. The van der Waals surface area contributed by atoms with Crippen molar-refractivity contribution >= 4 is 28.9 Å². The van der Waals surface area contributed by atoms with Crippen molar-refractivity contribution in [3.05, 3.63) is 66.4 Å². The van der Waals surface area contributed by atoms with E-state index < -0.39 is 5.91 Å². The largest absolute Gasteiger partial charge is 0.373 e.